The number of thiazole rings is 1. The predicted octanol–water partition coefficient (Wildman–Crippen LogP) is 5.82. The Morgan fingerprint density at radius 3 is 2.79 bits per heavy atom. The Kier molecular flexibility index (Phi) is 7.41. The van der Waals surface area contributed by atoms with E-state index in [1.807, 2.05) is 13.0 Å². The lowest BCUT2D eigenvalue weighted by Crippen LogP contribution is -2.34. The van der Waals surface area contributed by atoms with Gasteiger partial charge in [-0.2, -0.15) is 0 Å². The molecule has 1 aromatic heterocycles. The first-order chi connectivity index (χ1) is 14.0. The third kappa shape index (κ3) is 5.65. The number of ether oxygens (including phenoxy) is 1. The van der Waals surface area contributed by atoms with E-state index in [1.165, 1.54) is 29.7 Å². The van der Waals surface area contributed by atoms with Crippen LogP contribution in [-0.4, -0.2) is 22.6 Å². The number of carbonyl (C=O) groups excluding carboxylic acids is 1. The van der Waals surface area contributed by atoms with Gasteiger partial charge in [-0.3, -0.25) is 10.1 Å². The number of aryl methyl sites for hydroxylation is 1. The second kappa shape index (κ2) is 10.0. The van der Waals surface area contributed by atoms with Crippen LogP contribution in [0.15, 0.2) is 36.4 Å². The summed E-state index contributed by atoms with van der Waals surface area (Å²) in [6.07, 6.45) is 3.40. The number of hydrogen-bond donors (Lipinski definition) is 2. The molecule has 0 spiro atoms. The molecule has 3 rings (SSSR count). The van der Waals surface area contributed by atoms with Gasteiger partial charge in [0.25, 0.3) is 5.91 Å². The minimum absolute atomic E-state index is 0.185. The van der Waals surface area contributed by atoms with E-state index >= 15 is 0 Å². The zero-order valence-corrected chi connectivity index (χ0v) is 18.6. The molecule has 152 valence electrons. The highest BCUT2D eigenvalue weighted by Gasteiger charge is 2.12. The largest absolute Gasteiger partial charge is 0.492 e. The predicted molar refractivity (Wildman–Crippen MR) is 125 cm³/mol. The average Bonchev–Trinajstić information content (AvgIpc) is 3.09. The van der Waals surface area contributed by atoms with Crippen molar-refractivity contribution in [2.24, 2.45) is 0 Å². The summed E-state index contributed by atoms with van der Waals surface area (Å²) in [6.45, 7) is 4.56. The van der Waals surface area contributed by atoms with Crippen molar-refractivity contribution < 1.29 is 9.53 Å². The lowest BCUT2D eigenvalue weighted by molar-refractivity contribution is 0.0977. The number of nitrogens with one attached hydrogen (secondary N) is 2. The summed E-state index contributed by atoms with van der Waals surface area (Å²) in [5, 5.41) is 6.85. The zero-order valence-electron chi connectivity index (χ0n) is 16.3. The van der Waals surface area contributed by atoms with Crippen LogP contribution in [0, 0.1) is 0 Å². The van der Waals surface area contributed by atoms with Gasteiger partial charge in [-0.05, 0) is 67.9 Å². The molecule has 0 unspecified atom stereocenters. The highest BCUT2D eigenvalue weighted by Crippen LogP contribution is 2.28. The third-order valence-electron chi connectivity index (χ3n) is 4.21. The number of anilines is 1. The molecule has 2 aromatic carbocycles. The van der Waals surface area contributed by atoms with E-state index in [1.54, 1.807) is 18.2 Å². The first-order valence-corrected chi connectivity index (χ1v) is 11.0. The third-order valence-corrected chi connectivity index (χ3v) is 5.65. The van der Waals surface area contributed by atoms with Crippen molar-refractivity contribution >= 4 is 61.5 Å². The number of halogens is 1. The van der Waals surface area contributed by atoms with Crippen molar-refractivity contribution in [3.05, 3.63) is 52.5 Å². The minimum Gasteiger partial charge on any atom is -0.492 e. The molecule has 0 atom stereocenters. The van der Waals surface area contributed by atoms with Gasteiger partial charge in [-0.15, -0.1) is 0 Å². The summed E-state index contributed by atoms with van der Waals surface area (Å²) < 4.78 is 6.47. The van der Waals surface area contributed by atoms with E-state index in [9.17, 15) is 4.79 Å². The van der Waals surface area contributed by atoms with Crippen LogP contribution in [-0.2, 0) is 6.42 Å². The van der Waals surface area contributed by atoms with E-state index in [0.717, 1.165) is 16.6 Å². The van der Waals surface area contributed by atoms with Gasteiger partial charge >= 0.3 is 0 Å². The highest BCUT2D eigenvalue weighted by atomic mass is 35.5. The number of carbonyl (C=O) groups is 1. The molecular weight excluding hydrogens is 426 g/mol. The van der Waals surface area contributed by atoms with Gasteiger partial charge in [0.2, 0.25) is 0 Å². The first-order valence-electron chi connectivity index (χ1n) is 9.44. The lowest BCUT2D eigenvalue weighted by atomic mass is 10.1. The standard InChI is InChI=1S/C21H22ClN3O2S2/c1-3-5-6-13-7-9-16-18(11-13)29-21(23-16)25-20(28)24-19(26)14-8-10-17(27-4-2)15(22)12-14/h7-12H,3-6H2,1-2H3,(H2,23,24,25,26,28). The molecular formula is C21H22ClN3O2S2. The average molecular weight is 448 g/mol. The van der Waals surface area contributed by atoms with E-state index in [4.69, 9.17) is 28.6 Å². The fourth-order valence-electron chi connectivity index (χ4n) is 2.78. The van der Waals surface area contributed by atoms with Gasteiger partial charge in [0.1, 0.15) is 5.75 Å². The quantitative estimate of drug-likeness (QED) is 0.447. The number of hydrogen-bond acceptors (Lipinski definition) is 5. The van der Waals surface area contributed by atoms with Crippen LogP contribution >= 0.6 is 35.2 Å². The molecule has 8 heteroatoms. The van der Waals surface area contributed by atoms with Crippen molar-refractivity contribution in [1.82, 2.24) is 10.3 Å². The van der Waals surface area contributed by atoms with Gasteiger partial charge in [0.05, 0.1) is 21.8 Å². The van der Waals surface area contributed by atoms with Gasteiger partial charge in [-0.1, -0.05) is 42.3 Å². The molecule has 0 radical (unpaired) electrons. The Balaban J connectivity index is 1.64. The summed E-state index contributed by atoms with van der Waals surface area (Å²) in [5.74, 6) is 0.189. The number of benzene rings is 2. The van der Waals surface area contributed by atoms with Gasteiger partial charge in [-0.25, -0.2) is 4.98 Å². The summed E-state index contributed by atoms with van der Waals surface area (Å²) >= 11 is 12.9. The maximum atomic E-state index is 12.4. The van der Waals surface area contributed by atoms with Crippen molar-refractivity contribution in [3.8, 4) is 5.75 Å². The topological polar surface area (TPSA) is 63.2 Å². The molecule has 0 saturated carbocycles. The monoisotopic (exact) mass is 447 g/mol. The molecule has 1 heterocycles. The number of fused-ring (bicyclic) bond motifs is 1. The number of nitrogens with zero attached hydrogens (tertiary/aromatic N) is 1. The molecule has 2 N–H and O–H groups in total. The molecule has 5 nitrogen and oxygen atoms in total. The highest BCUT2D eigenvalue weighted by molar-refractivity contribution is 7.80. The van der Waals surface area contributed by atoms with Crippen LogP contribution in [0.3, 0.4) is 0 Å². The van der Waals surface area contributed by atoms with Crippen LogP contribution in [0.1, 0.15) is 42.6 Å². The Hall–Kier alpha value is -2.22. The fraction of sp³-hybridized carbons (Fsp3) is 0.286. The Bertz CT molecular complexity index is 1040. The van der Waals surface area contributed by atoms with E-state index in [-0.39, 0.29) is 11.0 Å². The SMILES string of the molecule is CCCCc1ccc2nc(NC(=S)NC(=O)c3ccc(OCC)c(Cl)c3)sc2c1. The second-order valence-electron chi connectivity index (χ2n) is 6.41. The molecule has 1 amide bonds. The molecule has 0 aliphatic rings. The summed E-state index contributed by atoms with van der Waals surface area (Å²) in [4.78, 5) is 17.0. The van der Waals surface area contributed by atoms with Crippen molar-refractivity contribution in [1.29, 1.82) is 0 Å². The molecule has 0 aliphatic carbocycles. The molecule has 0 saturated heterocycles. The number of thiocarbonyl (C=S) groups is 1. The lowest BCUT2D eigenvalue weighted by Gasteiger charge is -2.09. The number of amides is 1. The molecule has 0 bridgehead atoms. The van der Waals surface area contributed by atoms with E-state index in [0.29, 0.717) is 28.1 Å². The maximum absolute atomic E-state index is 12.4. The minimum atomic E-state index is -0.351. The summed E-state index contributed by atoms with van der Waals surface area (Å²) in [7, 11) is 0. The number of aromatic nitrogens is 1. The smallest absolute Gasteiger partial charge is 0.257 e. The summed E-state index contributed by atoms with van der Waals surface area (Å²) in [5.41, 5.74) is 2.61. The number of unbranched alkanes of at least 4 members (excludes halogenated alkanes) is 1. The van der Waals surface area contributed by atoms with Crippen molar-refractivity contribution in [2.45, 2.75) is 33.1 Å². The Labute approximate surface area is 184 Å². The van der Waals surface area contributed by atoms with Crippen LogP contribution in [0.4, 0.5) is 5.13 Å². The second-order valence-corrected chi connectivity index (χ2v) is 8.26. The van der Waals surface area contributed by atoms with Gasteiger partial charge < -0.3 is 10.1 Å². The fourth-order valence-corrected chi connectivity index (χ4v) is 4.20. The van der Waals surface area contributed by atoms with Crippen LogP contribution in [0.5, 0.6) is 5.75 Å². The van der Waals surface area contributed by atoms with Gasteiger partial charge in [0.15, 0.2) is 10.2 Å². The normalized spacial score (nSPS) is 10.7. The Morgan fingerprint density at radius 1 is 1.24 bits per heavy atom. The molecule has 0 aliphatic heterocycles. The zero-order chi connectivity index (χ0) is 20.8. The first kappa shape index (κ1) is 21.5. The Morgan fingerprint density at radius 2 is 2.07 bits per heavy atom. The van der Waals surface area contributed by atoms with Gasteiger partial charge in [0, 0.05) is 5.56 Å². The molecule has 3 aromatic rings. The molecule has 0 fully saturated rings. The van der Waals surface area contributed by atoms with Crippen LogP contribution in [0.25, 0.3) is 10.2 Å². The summed E-state index contributed by atoms with van der Waals surface area (Å²) in [6, 6.07) is 11.2. The van der Waals surface area contributed by atoms with E-state index in [2.05, 4.69) is 34.7 Å². The van der Waals surface area contributed by atoms with Crippen molar-refractivity contribution in [3.63, 3.8) is 0 Å². The van der Waals surface area contributed by atoms with Crippen molar-refractivity contribution in [2.75, 3.05) is 11.9 Å². The molecule has 29 heavy (non-hydrogen) atoms. The van der Waals surface area contributed by atoms with Crippen LogP contribution < -0.4 is 15.4 Å². The maximum Gasteiger partial charge on any atom is 0.257 e. The van der Waals surface area contributed by atoms with Crippen LogP contribution in [0.2, 0.25) is 5.02 Å². The number of rotatable bonds is 7. The van der Waals surface area contributed by atoms with E-state index < -0.39 is 0 Å².